The van der Waals surface area contributed by atoms with Crippen LogP contribution in [-0.2, 0) is 6.54 Å². The fraction of sp³-hybridized carbons (Fsp3) is 0.182. The molecule has 0 spiro atoms. The van der Waals surface area contributed by atoms with E-state index in [2.05, 4.69) is 9.98 Å². The third-order valence-electron chi connectivity index (χ3n) is 2.39. The lowest BCUT2D eigenvalue weighted by atomic mass is 10.2. The van der Waals surface area contributed by atoms with Crippen molar-refractivity contribution in [2.45, 2.75) is 13.5 Å². The highest BCUT2D eigenvalue weighted by Crippen LogP contribution is 2.16. The molecule has 0 atom stereocenters. The lowest BCUT2D eigenvalue weighted by molar-refractivity contribution is 0.404. The summed E-state index contributed by atoms with van der Waals surface area (Å²) in [6.07, 6.45) is 6.42. The van der Waals surface area contributed by atoms with Crippen molar-refractivity contribution >= 4 is 12.3 Å². The Morgan fingerprint density at radius 3 is 2.88 bits per heavy atom. The molecular weight excluding hydrogens is 222 g/mol. The van der Waals surface area contributed by atoms with Gasteiger partial charge >= 0.3 is 5.69 Å². The molecule has 2 N–H and O–H groups in total. The molecule has 0 amide bonds. The van der Waals surface area contributed by atoms with Crippen molar-refractivity contribution in [2.24, 2.45) is 4.99 Å². The minimum atomic E-state index is -0.625. The predicted molar refractivity (Wildman–Crippen MR) is 64.3 cm³/mol. The number of hydrogen-bond acceptors (Lipinski definition) is 4. The molecule has 0 fully saturated rings. The number of aromatic hydroxyl groups is 1. The Hall–Kier alpha value is -2.37. The van der Waals surface area contributed by atoms with E-state index in [1.165, 1.54) is 6.08 Å². The number of H-pyrrole nitrogens is 1. The van der Waals surface area contributed by atoms with E-state index in [4.69, 9.17) is 0 Å². The maximum atomic E-state index is 11.6. The van der Waals surface area contributed by atoms with Crippen LogP contribution in [0.15, 0.2) is 32.4 Å². The molecule has 0 radical (unpaired) electrons. The molecule has 0 aliphatic carbocycles. The summed E-state index contributed by atoms with van der Waals surface area (Å²) < 4.78 is 1.08. The summed E-state index contributed by atoms with van der Waals surface area (Å²) in [4.78, 5) is 29.0. The molecule has 0 unspecified atom stereocenters. The van der Waals surface area contributed by atoms with E-state index >= 15 is 0 Å². The van der Waals surface area contributed by atoms with Gasteiger partial charge in [-0.05, 0) is 25.2 Å². The average Bonchev–Trinajstić information content (AvgIpc) is 2.77. The topological polar surface area (TPSA) is 87.4 Å². The van der Waals surface area contributed by atoms with Gasteiger partial charge in [-0.15, -0.1) is 0 Å². The maximum absolute atomic E-state index is 11.6. The first-order valence-electron chi connectivity index (χ1n) is 5.12. The average molecular weight is 233 g/mol. The molecule has 0 bridgehead atoms. The highest BCUT2D eigenvalue weighted by Gasteiger charge is 2.11. The van der Waals surface area contributed by atoms with Crippen LogP contribution in [0.1, 0.15) is 12.5 Å². The highest BCUT2D eigenvalue weighted by molar-refractivity contribution is 5.79. The van der Waals surface area contributed by atoms with Crippen LogP contribution in [0.25, 0.3) is 6.08 Å². The molecular formula is C11H11N3O3. The number of allylic oxidation sites excluding steroid dienone is 2. The number of aromatic nitrogens is 2. The number of hydrogen-bond donors (Lipinski definition) is 2. The van der Waals surface area contributed by atoms with E-state index in [1.54, 1.807) is 25.3 Å². The third kappa shape index (κ3) is 1.96. The zero-order valence-corrected chi connectivity index (χ0v) is 9.17. The van der Waals surface area contributed by atoms with Crippen LogP contribution in [0.2, 0.25) is 0 Å². The summed E-state index contributed by atoms with van der Waals surface area (Å²) in [5.74, 6) is -0.343. The monoisotopic (exact) mass is 233 g/mol. The van der Waals surface area contributed by atoms with Gasteiger partial charge in [0.25, 0.3) is 5.56 Å². The van der Waals surface area contributed by atoms with Crippen LogP contribution in [0.4, 0.5) is 0 Å². The molecule has 88 valence electrons. The summed E-state index contributed by atoms with van der Waals surface area (Å²) >= 11 is 0. The van der Waals surface area contributed by atoms with Crippen LogP contribution in [0.3, 0.4) is 0 Å². The van der Waals surface area contributed by atoms with Crippen molar-refractivity contribution in [1.29, 1.82) is 0 Å². The Morgan fingerprint density at radius 1 is 1.53 bits per heavy atom. The zero-order valence-electron chi connectivity index (χ0n) is 9.17. The Kier molecular flexibility index (Phi) is 2.78. The summed E-state index contributed by atoms with van der Waals surface area (Å²) in [5.41, 5.74) is -0.667. The quantitative estimate of drug-likeness (QED) is 0.767. The van der Waals surface area contributed by atoms with Gasteiger partial charge in [-0.2, -0.15) is 0 Å². The maximum Gasteiger partial charge on any atom is 0.331 e. The molecule has 1 aliphatic heterocycles. The lowest BCUT2D eigenvalue weighted by Crippen LogP contribution is -2.30. The smallest absolute Gasteiger partial charge is 0.331 e. The van der Waals surface area contributed by atoms with Crippen molar-refractivity contribution in [2.75, 3.05) is 0 Å². The largest absolute Gasteiger partial charge is 0.494 e. The Balaban J connectivity index is 2.66. The van der Waals surface area contributed by atoms with Crippen molar-refractivity contribution in [3.8, 4) is 5.88 Å². The minimum Gasteiger partial charge on any atom is -0.494 e. The van der Waals surface area contributed by atoms with Gasteiger partial charge in [0, 0.05) is 12.8 Å². The van der Waals surface area contributed by atoms with E-state index < -0.39 is 11.2 Å². The number of aromatic amines is 1. The summed E-state index contributed by atoms with van der Waals surface area (Å²) in [7, 11) is 0. The first-order chi connectivity index (χ1) is 8.13. The number of aliphatic imine (C=N–C) groups is 1. The van der Waals surface area contributed by atoms with Gasteiger partial charge in [-0.1, -0.05) is 0 Å². The van der Waals surface area contributed by atoms with Gasteiger partial charge < -0.3 is 5.11 Å². The van der Waals surface area contributed by atoms with Crippen molar-refractivity contribution in [3.63, 3.8) is 0 Å². The lowest BCUT2D eigenvalue weighted by Gasteiger charge is -2.06. The van der Waals surface area contributed by atoms with Crippen LogP contribution >= 0.6 is 0 Å². The van der Waals surface area contributed by atoms with Gasteiger partial charge in [0.1, 0.15) is 5.56 Å². The molecule has 6 heteroatoms. The molecule has 1 aromatic heterocycles. The van der Waals surface area contributed by atoms with Gasteiger partial charge in [-0.3, -0.25) is 19.3 Å². The van der Waals surface area contributed by atoms with E-state index in [9.17, 15) is 14.7 Å². The molecule has 6 nitrogen and oxygen atoms in total. The van der Waals surface area contributed by atoms with Gasteiger partial charge in [0.2, 0.25) is 5.88 Å². The second-order valence-electron chi connectivity index (χ2n) is 3.45. The second-order valence-corrected chi connectivity index (χ2v) is 3.45. The highest BCUT2D eigenvalue weighted by atomic mass is 16.3. The summed E-state index contributed by atoms with van der Waals surface area (Å²) in [5, 5.41) is 9.83. The minimum absolute atomic E-state index is 0.0325. The number of rotatable bonds is 2. The fourth-order valence-corrected chi connectivity index (χ4v) is 1.55. The van der Waals surface area contributed by atoms with Crippen molar-refractivity contribution in [3.05, 3.63) is 44.3 Å². The van der Waals surface area contributed by atoms with Crippen LogP contribution < -0.4 is 11.2 Å². The molecule has 0 aromatic carbocycles. The molecule has 0 saturated heterocycles. The fourth-order valence-electron chi connectivity index (χ4n) is 1.55. The van der Waals surface area contributed by atoms with Crippen LogP contribution in [-0.4, -0.2) is 20.9 Å². The van der Waals surface area contributed by atoms with Crippen LogP contribution in [0.5, 0.6) is 5.88 Å². The second kappa shape index (κ2) is 4.25. The zero-order chi connectivity index (χ0) is 12.4. The number of nitrogens with one attached hydrogen (secondary N) is 1. The first kappa shape index (κ1) is 11.1. The van der Waals surface area contributed by atoms with Gasteiger partial charge in [0.05, 0.1) is 5.70 Å². The van der Waals surface area contributed by atoms with Gasteiger partial charge in [-0.25, -0.2) is 4.79 Å². The number of nitrogens with zero attached hydrogens (tertiary/aromatic N) is 2. The molecule has 2 rings (SSSR count). The SMILES string of the molecule is CCn1c(O)c(C=C2C=CC=N2)c(=O)[nH]c1=O. The summed E-state index contributed by atoms with van der Waals surface area (Å²) in [6, 6.07) is 0. The van der Waals surface area contributed by atoms with Gasteiger partial charge in [0.15, 0.2) is 0 Å². The predicted octanol–water partition coefficient (Wildman–Crippen LogP) is 0.244. The third-order valence-corrected chi connectivity index (χ3v) is 2.39. The standard InChI is InChI=1S/C11H11N3O3/c1-2-14-10(16)8(9(15)13-11(14)17)6-7-4-3-5-12-7/h3-6,16H,2H2,1H3,(H,13,15,17). The first-order valence-corrected chi connectivity index (χ1v) is 5.12. The Bertz CT molecular complexity index is 633. The molecule has 2 heterocycles. The summed E-state index contributed by atoms with van der Waals surface area (Å²) in [6.45, 7) is 1.97. The normalized spacial score (nSPS) is 15.9. The van der Waals surface area contributed by atoms with Crippen molar-refractivity contribution < 1.29 is 5.11 Å². The Labute approximate surface area is 96.3 Å². The van der Waals surface area contributed by atoms with E-state index in [-0.39, 0.29) is 18.0 Å². The van der Waals surface area contributed by atoms with E-state index in [0.29, 0.717) is 5.70 Å². The van der Waals surface area contributed by atoms with E-state index in [1.807, 2.05) is 0 Å². The molecule has 17 heavy (non-hydrogen) atoms. The van der Waals surface area contributed by atoms with E-state index in [0.717, 1.165) is 4.57 Å². The molecule has 1 aromatic rings. The Morgan fingerprint density at radius 2 is 2.29 bits per heavy atom. The van der Waals surface area contributed by atoms with Crippen molar-refractivity contribution in [1.82, 2.24) is 9.55 Å². The van der Waals surface area contributed by atoms with Crippen LogP contribution in [0, 0.1) is 0 Å². The molecule has 0 saturated carbocycles. The molecule has 1 aliphatic rings.